The van der Waals surface area contributed by atoms with Gasteiger partial charge in [-0.2, -0.15) is 0 Å². The molecule has 0 atom stereocenters. The van der Waals surface area contributed by atoms with Gasteiger partial charge in [0, 0.05) is 3.57 Å². The van der Waals surface area contributed by atoms with Crippen LogP contribution in [0.25, 0.3) is 0 Å². The fourth-order valence-corrected chi connectivity index (χ4v) is 1.45. The highest BCUT2D eigenvalue weighted by Gasteiger charge is 2.08. The number of ether oxygens (including phenoxy) is 1. The van der Waals surface area contributed by atoms with Crippen LogP contribution in [-0.4, -0.2) is 12.6 Å². The van der Waals surface area contributed by atoms with E-state index in [9.17, 15) is 4.79 Å². The second-order valence-electron chi connectivity index (χ2n) is 2.37. The second kappa shape index (κ2) is 5.01. The number of benzene rings is 1. The normalized spacial score (nSPS) is 9.31. The van der Waals surface area contributed by atoms with Crippen LogP contribution in [0, 0.1) is 3.57 Å². The first kappa shape index (κ1) is 10.2. The molecule has 0 saturated carbocycles. The Morgan fingerprint density at radius 2 is 2.23 bits per heavy atom. The molecule has 0 aliphatic rings. The Morgan fingerprint density at radius 1 is 1.54 bits per heavy atom. The molecule has 0 radical (unpaired) electrons. The van der Waals surface area contributed by atoms with Crippen LogP contribution in [0.1, 0.15) is 10.4 Å². The lowest BCUT2D eigenvalue weighted by Crippen LogP contribution is -2.06. The topological polar surface area (TPSA) is 26.3 Å². The fraction of sp³-hybridized carbons (Fsp3) is 0.100. The number of halogens is 1. The summed E-state index contributed by atoms with van der Waals surface area (Å²) in [6.07, 6.45) is 1.55. The number of hydrogen-bond donors (Lipinski definition) is 0. The molecular weight excluding hydrogens is 279 g/mol. The van der Waals surface area contributed by atoms with Crippen molar-refractivity contribution in [2.75, 3.05) is 6.61 Å². The third-order valence-electron chi connectivity index (χ3n) is 1.43. The molecule has 1 rings (SSSR count). The lowest BCUT2D eigenvalue weighted by molar-refractivity contribution is 0.0548. The average molecular weight is 288 g/mol. The number of hydrogen-bond acceptors (Lipinski definition) is 2. The van der Waals surface area contributed by atoms with Gasteiger partial charge in [0.1, 0.15) is 6.61 Å². The number of carbonyl (C=O) groups excluding carboxylic acids is 1. The zero-order valence-corrected chi connectivity index (χ0v) is 9.15. The van der Waals surface area contributed by atoms with Gasteiger partial charge in [0.15, 0.2) is 0 Å². The third-order valence-corrected chi connectivity index (χ3v) is 2.37. The Kier molecular flexibility index (Phi) is 3.95. The van der Waals surface area contributed by atoms with E-state index in [-0.39, 0.29) is 12.6 Å². The molecule has 13 heavy (non-hydrogen) atoms. The van der Waals surface area contributed by atoms with Gasteiger partial charge in [0.2, 0.25) is 0 Å². The molecule has 1 aromatic carbocycles. The summed E-state index contributed by atoms with van der Waals surface area (Å²) in [5.41, 5.74) is 0.602. The van der Waals surface area contributed by atoms with Crippen LogP contribution in [-0.2, 0) is 4.74 Å². The summed E-state index contributed by atoms with van der Waals surface area (Å²) >= 11 is 2.10. The molecule has 0 spiro atoms. The molecule has 0 N–H and O–H groups in total. The summed E-state index contributed by atoms with van der Waals surface area (Å²) in [6, 6.07) is 7.30. The van der Waals surface area contributed by atoms with Crippen LogP contribution in [0.3, 0.4) is 0 Å². The minimum Gasteiger partial charge on any atom is -0.458 e. The first-order valence-corrected chi connectivity index (χ1v) is 4.86. The largest absolute Gasteiger partial charge is 0.458 e. The maximum atomic E-state index is 11.3. The average Bonchev–Trinajstić information content (AvgIpc) is 2.15. The van der Waals surface area contributed by atoms with Crippen molar-refractivity contribution in [1.82, 2.24) is 0 Å². The first-order chi connectivity index (χ1) is 6.25. The summed E-state index contributed by atoms with van der Waals surface area (Å²) in [5, 5.41) is 0. The predicted octanol–water partition coefficient (Wildman–Crippen LogP) is 2.63. The van der Waals surface area contributed by atoms with Crippen molar-refractivity contribution in [3.05, 3.63) is 46.1 Å². The Bertz CT molecular complexity index is 320. The van der Waals surface area contributed by atoms with E-state index in [0.717, 1.165) is 3.57 Å². The Balaban J connectivity index is 2.76. The molecular formula is C10H9IO2. The fourth-order valence-electron chi connectivity index (χ4n) is 0.839. The molecule has 0 saturated heterocycles. The van der Waals surface area contributed by atoms with E-state index in [2.05, 4.69) is 29.2 Å². The SMILES string of the molecule is C=CCOC(=O)c1ccccc1I. The summed E-state index contributed by atoms with van der Waals surface area (Å²) in [6.45, 7) is 3.72. The van der Waals surface area contributed by atoms with Crippen LogP contribution in [0.15, 0.2) is 36.9 Å². The Hall–Kier alpha value is -0.840. The Morgan fingerprint density at radius 3 is 2.85 bits per heavy atom. The van der Waals surface area contributed by atoms with E-state index in [1.165, 1.54) is 0 Å². The van der Waals surface area contributed by atoms with E-state index in [1.54, 1.807) is 12.1 Å². The van der Waals surface area contributed by atoms with Gasteiger partial charge in [-0.1, -0.05) is 24.8 Å². The van der Waals surface area contributed by atoms with Gasteiger partial charge in [0.25, 0.3) is 0 Å². The van der Waals surface area contributed by atoms with Crippen molar-refractivity contribution in [1.29, 1.82) is 0 Å². The Labute approximate surface area is 90.7 Å². The minimum absolute atomic E-state index is 0.254. The summed E-state index contributed by atoms with van der Waals surface area (Å²) in [5.74, 6) is -0.301. The molecule has 0 fully saturated rings. The molecule has 1 aromatic rings. The van der Waals surface area contributed by atoms with Crippen molar-refractivity contribution < 1.29 is 9.53 Å². The lowest BCUT2D eigenvalue weighted by Gasteiger charge is -2.02. The van der Waals surface area contributed by atoms with E-state index < -0.39 is 0 Å². The van der Waals surface area contributed by atoms with Crippen LogP contribution in [0.2, 0.25) is 0 Å². The van der Waals surface area contributed by atoms with Crippen molar-refractivity contribution in [2.45, 2.75) is 0 Å². The van der Waals surface area contributed by atoms with Crippen molar-refractivity contribution in [3.63, 3.8) is 0 Å². The summed E-state index contributed by atoms with van der Waals surface area (Å²) < 4.78 is 5.79. The van der Waals surface area contributed by atoms with Gasteiger partial charge in [-0.05, 0) is 34.7 Å². The van der Waals surface area contributed by atoms with E-state index >= 15 is 0 Å². The van der Waals surface area contributed by atoms with Gasteiger partial charge in [0.05, 0.1) is 5.56 Å². The lowest BCUT2D eigenvalue weighted by atomic mass is 10.2. The minimum atomic E-state index is -0.301. The van der Waals surface area contributed by atoms with Crippen LogP contribution < -0.4 is 0 Å². The summed E-state index contributed by atoms with van der Waals surface area (Å²) in [7, 11) is 0. The molecule has 0 bridgehead atoms. The molecule has 0 unspecified atom stereocenters. The highest BCUT2D eigenvalue weighted by atomic mass is 127. The van der Waals surface area contributed by atoms with Crippen molar-refractivity contribution in [3.8, 4) is 0 Å². The maximum absolute atomic E-state index is 11.3. The quantitative estimate of drug-likeness (QED) is 0.485. The van der Waals surface area contributed by atoms with E-state index in [0.29, 0.717) is 5.56 Å². The zero-order chi connectivity index (χ0) is 9.68. The van der Waals surface area contributed by atoms with Crippen molar-refractivity contribution in [2.24, 2.45) is 0 Å². The smallest absolute Gasteiger partial charge is 0.339 e. The number of rotatable bonds is 3. The summed E-state index contributed by atoms with van der Waals surface area (Å²) in [4.78, 5) is 11.3. The molecule has 0 aromatic heterocycles. The molecule has 0 amide bonds. The highest BCUT2D eigenvalue weighted by Crippen LogP contribution is 2.12. The van der Waals surface area contributed by atoms with Crippen LogP contribution >= 0.6 is 22.6 Å². The molecule has 0 heterocycles. The van der Waals surface area contributed by atoms with Crippen LogP contribution in [0.5, 0.6) is 0 Å². The molecule has 2 nitrogen and oxygen atoms in total. The van der Waals surface area contributed by atoms with E-state index in [4.69, 9.17) is 4.74 Å². The van der Waals surface area contributed by atoms with Crippen LogP contribution in [0.4, 0.5) is 0 Å². The molecule has 3 heteroatoms. The van der Waals surface area contributed by atoms with Gasteiger partial charge >= 0.3 is 5.97 Å². The molecule has 0 aliphatic carbocycles. The maximum Gasteiger partial charge on any atom is 0.339 e. The standard InChI is InChI=1S/C10H9IO2/c1-2-7-13-10(12)8-5-3-4-6-9(8)11/h2-6H,1,7H2. The van der Waals surface area contributed by atoms with Gasteiger partial charge in [-0.25, -0.2) is 4.79 Å². The third kappa shape index (κ3) is 2.84. The first-order valence-electron chi connectivity index (χ1n) is 3.78. The van der Waals surface area contributed by atoms with Crippen molar-refractivity contribution >= 4 is 28.6 Å². The second-order valence-corrected chi connectivity index (χ2v) is 3.53. The van der Waals surface area contributed by atoms with Gasteiger partial charge < -0.3 is 4.74 Å². The van der Waals surface area contributed by atoms with Gasteiger partial charge in [-0.3, -0.25) is 0 Å². The number of carbonyl (C=O) groups is 1. The zero-order valence-electron chi connectivity index (χ0n) is 7.00. The molecule has 68 valence electrons. The highest BCUT2D eigenvalue weighted by molar-refractivity contribution is 14.1. The van der Waals surface area contributed by atoms with E-state index in [1.807, 2.05) is 18.2 Å². The molecule has 0 aliphatic heterocycles. The monoisotopic (exact) mass is 288 g/mol. The number of esters is 1. The predicted molar refractivity (Wildman–Crippen MR) is 59.6 cm³/mol. The van der Waals surface area contributed by atoms with Gasteiger partial charge in [-0.15, -0.1) is 0 Å².